The Hall–Kier alpha value is -0.630. The van der Waals surface area contributed by atoms with Crippen LogP contribution >= 0.6 is 11.8 Å². The molecule has 0 saturated carbocycles. The van der Waals surface area contributed by atoms with Crippen LogP contribution in [0.25, 0.3) is 0 Å². The topological polar surface area (TPSA) is 12.0 Å². The molecule has 0 aromatic heterocycles. The third-order valence-corrected chi connectivity index (χ3v) is 2.25. The molecular formula is C10H15NS. The van der Waals surface area contributed by atoms with Crippen LogP contribution < -0.4 is 5.32 Å². The predicted octanol–water partition coefficient (Wildman–Crippen LogP) is 3.23. The van der Waals surface area contributed by atoms with Gasteiger partial charge >= 0.3 is 0 Å². The molecule has 0 bridgehead atoms. The van der Waals surface area contributed by atoms with Crippen molar-refractivity contribution in [2.45, 2.75) is 24.8 Å². The summed E-state index contributed by atoms with van der Waals surface area (Å²) in [5, 5.41) is 3.37. The lowest BCUT2D eigenvalue weighted by Crippen LogP contribution is -2.09. The van der Waals surface area contributed by atoms with Gasteiger partial charge in [0, 0.05) is 16.6 Å². The molecule has 0 aliphatic carbocycles. The van der Waals surface area contributed by atoms with Crippen molar-refractivity contribution in [3.8, 4) is 0 Å². The fourth-order valence-corrected chi connectivity index (χ4v) is 1.51. The minimum atomic E-state index is 0.502. The molecule has 66 valence electrons. The molecule has 0 aliphatic heterocycles. The number of hydrogen-bond acceptors (Lipinski definition) is 2. The van der Waals surface area contributed by atoms with Gasteiger partial charge in [-0.3, -0.25) is 0 Å². The van der Waals surface area contributed by atoms with Gasteiger partial charge in [-0.05, 0) is 38.3 Å². The van der Waals surface area contributed by atoms with Crippen LogP contribution in [0.3, 0.4) is 0 Å². The van der Waals surface area contributed by atoms with Crippen LogP contribution in [-0.2, 0) is 0 Å². The van der Waals surface area contributed by atoms with E-state index in [1.165, 1.54) is 10.6 Å². The Kier molecular flexibility index (Phi) is 3.48. The molecule has 0 fully saturated rings. The summed E-state index contributed by atoms with van der Waals surface area (Å²) < 4.78 is 0. The zero-order valence-corrected chi connectivity index (χ0v) is 8.61. The van der Waals surface area contributed by atoms with Gasteiger partial charge in [-0.25, -0.2) is 0 Å². The van der Waals surface area contributed by atoms with Gasteiger partial charge in [-0.1, -0.05) is 6.07 Å². The van der Waals surface area contributed by atoms with E-state index in [9.17, 15) is 0 Å². The third-order valence-electron chi connectivity index (χ3n) is 1.53. The van der Waals surface area contributed by atoms with Crippen LogP contribution in [0.2, 0.25) is 0 Å². The Balaban J connectivity index is 2.72. The van der Waals surface area contributed by atoms with Gasteiger partial charge < -0.3 is 5.32 Å². The molecule has 0 heterocycles. The molecule has 1 nitrogen and oxygen atoms in total. The first kappa shape index (κ1) is 9.46. The summed E-state index contributed by atoms with van der Waals surface area (Å²) in [5.74, 6) is 0. The smallest absolute Gasteiger partial charge is 0.0353 e. The molecule has 0 aliphatic rings. The van der Waals surface area contributed by atoms with E-state index in [0.717, 1.165) is 0 Å². The van der Waals surface area contributed by atoms with Gasteiger partial charge in [-0.15, -0.1) is 11.8 Å². The average molecular weight is 181 g/mol. The largest absolute Gasteiger partial charge is 0.383 e. The number of rotatable bonds is 3. The van der Waals surface area contributed by atoms with Crippen molar-refractivity contribution in [1.29, 1.82) is 0 Å². The maximum absolute atomic E-state index is 3.37. The van der Waals surface area contributed by atoms with Crippen LogP contribution in [0.15, 0.2) is 29.2 Å². The Bertz CT molecular complexity index is 245. The summed E-state index contributed by atoms with van der Waals surface area (Å²) in [6, 6.07) is 8.97. The fourth-order valence-electron chi connectivity index (χ4n) is 1.05. The summed E-state index contributed by atoms with van der Waals surface area (Å²) in [4.78, 5) is 1.31. The van der Waals surface area contributed by atoms with Crippen molar-refractivity contribution < 1.29 is 0 Å². The molecule has 0 spiro atoms. The molecule has 0 radical (unpaired) electrons. The van der Waals surface area contributed by atoms with Crippen molar-refractivity contribution in [2.24, 2.45) is 0 Å². The standard InChI is InChI=1S/C10H15NS/c1-8(2)11-9-5-4-6-10(7-9)12-3/h4-8,11H,1-3H3. The third kappa shape index (κ3) is 2.78. The van der Waals surface area contributed by atoms with E-state index >= 15 is 0 Å². The summed E-state index contributed by atoms with van der Waals surface area (Å²) in [5.41, 5.74) is 1.21. The van der Waals surface area contributed by atoms with E-state index in [0.29, 0.717) is 6.04 Å². The van der Waals surface area contributed by atoms with E-state index in [1.54, 1.807) is 11.8 Å². The Morgan fingerprint density at radius 3 is 2.67 bits per heavy atom. The molecule has 1 rings (SSSR count). The van der Waals surface area contributed by atoms with Crippen LogP contribution in [0.5, 0.6) is 0 Å². The van der Waals surface area contributed by atoms with E-state index in [2.05, 4.69) is 49.7 Å². The highest BCUT2D eigenvalue weighted by Crippen LogP contribution is 2.19. The summed E-state index contributed by atoms with van der Waals surface area (Å²) >= 11 is 1.77. The first-order chi connectivity index (χ1) is 5.72. The first-order valence-electron chi connectivity index (χ1n) is 4.13. The van der Waals surface area contributed by atoms with E-state index in [4.69, 9.17) is 0 Å². The quantitative estimate of drug-likeness (QED) is 0.718. The van der Waals surface area contributed by atoms with Gasteiger partial charge in [0.05, 0.1) is 0 Å². The van der Waals surface area contributed by atoms with E-state index in [-0.39, 0.29) is 0 Å². The zero-order chi connectivity index (χ0) is 8.97. The van der Waals surface area contributed by atoms with Gasteiger partial charge in [0.15, 0.2) is 0 Å². The lowest BCUT2D eigenvalue weighted by atomic mass is 10.3. The van der Waals surface area contributed by atoms with Crippen LogP contribution in [-0.4, -0.2) is 12.3 Å². The summed E-state index contributed by atoms with van der Waals surface area (Å²) in [7, 11) is 0. The van der Waals surface area contributed by atoms with Crippen molar-refractivity contribution in [1.82, 2.24) is 0 Å². The number of nitrogens with one attached hydrogen (secondary N) is 1. The number of anilines is 1. The van der Waals surface area contributed by atoms with Crippen LogP contribution in [0.4, 0.5) is 5.69 Å². The van der Waals surface area contributed by atoms with Gasteiger partial charge in [0.2, 0.25) is 0 Å². The molecule has 1 N–H and O–H groups in total. The Labute approximate surface area is 78.6 Å². The highest BCUT2D eigenvalue weighted by Gasteiger charge is 1.95. The second-order valence-corrected chi connectivity index (χ2v) is 3.91. The Morgan fingerprint density at radius 2 is 2.08 bits per heavy atom. The normalized spacial score (nSPS) is 10.3. The molecule has 1 aromatic rings. The maximum Gasteiger partial charge on any atom is 0.0353 e. The minimum Gasteiger partial charge on any atom is -0.383 e. The number of thioether (sulfide) groups is 1. The molecule has 0 atom stereocenters. The highest BCUT2D eigenvalue weighted by atomic mass is 32.2. The number of hydrogen-bond donors (Lipinski definition) is 1. The first-order valence-corrected chi connectivity index (χ1v) is 5.35. The SMILES string of the molecule is CSc1cccc(NC(C)C)c1. The second-order valence-electron chi connectivity index (χ2n) is 3.03. The van der Waals surface area contributed by atoms with Crippen molar-refractivity contribution in [3.05, 3.63) is 24.3 Å². The van der Waals surface area contributed by atoms with Crippen molar-refractivity contribution in [2.75, 3.05) is 11.6 Å². The molecule has 0 amide bonds. The summed E-state index contributed by atoms with van der Waals surface area (Å²) in [6.07, 6.45) is 2.09. The van der Waals surface area contributed by atoms with Crippen LogP contribution in [0, 0.1) is 0 Å². The predicted molar refractivity (Wildman–Crippen MR) is 57.0 cm³/mol. The lowest BCUT2D eigenvalue weighted by molar-refractivity contribution is 0.899. The molecule has 0 saturated heterocycles. The van der Waals surface area contributed by atoms with Gasteiger partial charge in [0.25, 0.3) is 0 Å². The molecule has 12 heavy (non-hydrogen) atoms. The fraction of sp³-hybridized carbons (Fsp3) is 0.400. The van der Waals surface area contributed by atoms with Crippen molar-refractivity contribution >= 4 is 17.4 Å². The zero-order valence-electron chi connectivity index (χ0n) is 7.79. The molecule has 1 aromatic carbocycles. The van der Waals surface area contributed by atoms with E-state index in [1.807, 2.05) is 0 Å². The summed E-state index contributed by atoms with van der Waals surface area (Å²) in [6.45, 7) is 4.29. The van der Waals surface area contributed by atoms with Crippen LogP contribution in [0.1, 0.15) is 13.8 Å². The van der Waals surface area contributed by atoms with E-state index < -0.39 is 0 Å². The number of benzene rings is 1. The molecule has 0 unspecified atom stereocenters. The monoisotopic (exact) mass is 181 g/mol. The second kappa shape index (κ2) is 4.41. The van der Waals surface area contributed by atoms with Gasteiger partial charge in [-0.2, -0.15) is 0 Å². The molecular weight excluding hydrogens is 166 g/mol. The highest BCUT2D eigenvalue weighted by molar-refractivity contribution is 7.98. The lowest BCUT2D eigenvalue weighted by Gasteiger charge is -2.10. The van der Waals surface area contributed by atoms with Crippen molar-refractivity contribution in [3.63, 3.8) is 0 Å². The average Bonchev–Trinajstić information content (AvgIpc) is 2.03. The van der Waals surface area contributed by atoms with Gasteiger partial charge in [0.1, 0.15) is 0 Å². The minimum absolute atomic E-state index is 0.502. The maximum atomic E-state index is 3.37. The molecule has 2 heteroatoms. The Morgan fingerprint density at radius 1 is 1.33 bits per heavy atom.